The Labute approximate surface area is 186 Å². The summed E-state index contributed by atoms with van der Waals surface area (Å²) in [4.78, 5) is 9.97. The van der Waals surface area contributed by atoms with Crippen LogP contribution in [0.5, 0.6) is 0 Å². The first-order valence-corrected chi connectivity index (χ1v) is 11.2. The van der Waals surface area contributed by atoms with E-state index in [2.05, 4.69) is 98.7 Å². The SMILES string of the molecule is Cc1cc(-c2nccc3c2ccc2c(C(C)(C)C)nc(C(C)(C)C)cc23)cc(C)c1C. The van der Waals surface area contributed by atoms with E-state index in [1.165, 1.54) is 43.8 Å². The molecule has 2 nitrogen and oxygen atoms in total. The first-order chi connectivity index (χ1) is 14.4. The maximum Gasteiger partial charge on any atom is 0.0780 e. The van der Waals surface area contributed by atoms with Gasteiger partial charge in [-0.2, -0.15) is 0 Å². The third-order valence-electron chi connectivity index (χ3n) is 6.43. The maximum atomic E-state index is 5.15. The van der Waals surface area contributed by atoms with Gasteiger partial charge in [0, 0.05) is 39.1 Å². The third-order valence-corrected chi connectivity index (χ3v) is 6.43. The van der Waals surface area contributed by atoms with Crippen LogP contribution in [0.4, 0.5) is 0 Å². The van der Waals surface area contributed by atoms with Crippen molar-refractivity contribution < 1.29 is 0 Å². The Morgan fingerprint density at radius 2 is 1.26 bits per heavy atom. The molecule has 0 aliphatic carbocycles. The molecule has 4 rings (SSSR count). The molecule has 0 unspecified atom stereocenters. The van der Waals surface area contributed by atoms with E-state index in [1.807, 2.05) is 6.20 Å². The summed E-state index contributed by atoms with van der Waals surface area (Å²) in [6, 6.07) is 13.5. The number of aryl methyl sites for hydroxylation is 2. The van der Waals surface area contributed by atoms with Crippen LogP contribution in [0.25, 0.3) is 32.8 Å². The molecule has 2 aromatic heterocycles. The smallest absolute Gasteiger partial charge is 0.0780 e. The fraction of sp³-hybridized carbons (Fsp3) is 0.379. The topological polar surface area (TPSA) is 25.8 Å². The average molecular weight is 411 g/mol. The first kappa shape index (κ1) is 21.5. The van der Waals surface area contributed by atoms with E-state index in [4.69, 9.17) is 9.97 Å². The van der Waals surface area contributed by atoms with E-state index in [9.17, 15) is 0 Å². The Morgan fingerprint density at radius 1 is 0.645 bits per heavy atom. The molecule has 0 radical (unpaired) electrons. The predicted octanol–water partition coefficient (Wildman–Crippen LogP) is 7.97. The molecule has 0 saturated carbocycles. The van der Waals surface area contributed by atoms with Crippen molar-refractivity contribution in [1.29, 1.82) is 0 Å². The summed E-state index contributed by atoms with van der Waals surface area (Å²) in [6.07, 6.45) is 1.95. The lowest BCUT2D eigenvalue weighted by atomic mass is 9.83. The van der Waals surface area contributed by atoms with Crippen LogP contribution in [0.1, 0.15) is 69.6 Å². The molecule has 0 aliphatic rings. The van der Waals surface area contributed by atoms with Gasteiger partial charge in [-0.15, -0.1) is 0 Å². The van der Waals surface area contributed by atoms with Crippen molar-refractivity contribution in [3.05, 3.63) is 70.7 Å². The molecule has 0 atom stereocenters. The molecule has 2 aromatic carbocycles. The highest BCUT2D eigenvalue weighted by molar-refractivity contribution is 6.12. The van der Waals surface area contributed by atoms with Gasteiger partial charge in [-0.3, -0.25) is 9.97 Å². The zero-order chi connectivity index (χ0) is 22.7. The summed E-state index contributed by atoms with van der Waals surface area (Å²) in [7, 11) is 0. The second-order valence-electron chi connectivity index (χ2n) is 11.0. The Kier molecular flexibility index (Phi) is 4.96. The minimum absolute atomic E-state index is 0.0165. The van der Waals surface area contributed by atoms with Gasteiger partial charge in [-0.25, -0.2) is 0 Å². The van der Waals surface area contributed by atoms with Gasteiger partial charge in [0.1, 0.15) is 0 Å². The average Bonchev–Trinajstić information content (AvgIpc) is 2.68. The van der Waals surface area contributed by atoms with Crippen LogP contribution in [-0.4, -0.2) is 9.97 Å². The second-order valence-corrected chi connectivity index (χ2v) is 11.0. The van der Waals surface area contributed by atoms with E-state index in [0.717, 1.165) is 17.1 Å². The quantitative estimate of drug-likeness (QED) is 0.297. The van der Waals surface area contributed by atoms with E-state index in [1.54, 1.807) is 0 Å². The van der Waals surface area contributed by atoms with Crippen molar-refractivity contribution >= 4 is 21.5 Å². The molecule has 31 heavy (non-hydrogen) atoms. The highest BCUT2D eigenvalue weighted by Crippen LogP contribution is 2.38. The van der Waals surface area contributed by atoms with Crippen molar-refractivity contribution in [1.82, 2.24) is 9.97 Å². The minimum atomic E-state index is -0.0335. The maximum absolute atomic E-state index is 5.15. The van der Waals surface area contributed by atoms with Gasteiger partial charge in [0.15, 0.2) is 0 Å². The summed E-state index contributed by atoms with van der Waals surface area (Å²) in [5, 5.41) is 4.95. The van der Waals surface area contributed by atoms with Crippen LogP contribution >= 0.6 is 0 Å². The largest absolute Gasteiger partial charge is 0.256 e. The van der Waals surface area contributed by atoms with E-state index in [0.29, 0.717) is 0 Å². The summed E-state index contributed by atoms with van der Waals surface area (Å²) >= 11 is 0. The van der Waals surface area contributed by atoms with Gasteiger partial charge in [-0.05, 0) is 72.5 Å². The highest BCUT2D eigenvalue weighted by atomic mass is 14.8. The summed E-state index contributed by atoms with van der Waals surface area (Å²) < 4.78 is 0. The van der Waals surface area contributed by atoms with Crippen molar-refractivity contribution in [2.75, 3.05) is 0 Å². The van der Waals surface area contributed by atoms with Crippen molar-refractivity contribution in [3.8, 4) is 11.3 Å². The second kappa shape index (κ2) is 7.15. The summed E-state index contributed by atoms with van der Waals surface area (Å²) in [5.41, 5.74) is 8.46. The molecule has 0 saturated heterocycles. The van der Waals surface area contributed by atoms with Gasteiger partial charge in [0.25, 0.3) is 0 Å². The van der Waals surface area contributed by atoms with Crippen LogP contribution in [-0.2, 0) is 10.8 Å². The Bertz CT molecular complexity index is 1290. The summed E-state index contributed by atoms with van der Waals surface area (Å²) in [5.74, 6) is 0. The van der Waals surface area contributed by atoms with Crippen LogP contribution in [0.15, 0.2) is 42.6 Å². The normalized spacial score (nSPS) is 12.7. The van der Waals surface area contributed by atoms with Crippen LogP contribution in [0.3, 0.4) is 0 Å². The lowest BCUT2D eigenvalue weighted by Gasteiger charge is -2.26. The van der Waals surface area contributed by atoms with Gasteiger partial charge < -0.3 is 0 Å². The number of aromatic nitrogens is 2. The molecule has 2 heterocycles. The standard InChI is InChI=1S/C29H34N2/c1-17-14-20(15-18(2)19(17)3)26-22-10-11-23-24(21(22)12-13-30-26)16-25(28(4,5)6)31-27(23)29(7,8)9/h10-16H,1-9H3. The molecule has 0 N–H and O–H groups in total. The predicted molar refractivity (Wildman–Crippen MR) is 134 cm³/mol. The Morgan fingerprint density at radius 3 is 1.84 bits per heavy atom. The molecular weight excluding hydrogens is 376 g/mol. The zero-order valence-corrected chi connectivity index (χ0v) is 20.4. The number of benzene rings is 2. The van der Waals surface area contributed by atoms with Gasteiger partial charge in [0.05, 0.1) is 11.4 Å². The van der Waals surface area contributed by atoms with E-state index < -0.39 is 0 Å². The molecule has 0 amide bonds. The van der Waals surface area contributed by atoms with Crippen molar-refractivity contribution in [3.63, 3.8) is 0 Å². The molecule has 160 valence electrons. The monoisotopic (exact) mass is 410 g/mol. The van der Waals surface area contributed by atoms with E-state index in [-0.39, 0.29) is 10.8 Å². The number of hydrogen-bond acceptors (Lipinski definition) is 2. The van der Waals surface area contributed by atoms with Crippen molar-refractivity contribution in [2.45, 2.75) is 73.1 Å². The number of pyridine rings is 2. The first-order valence-electron chi connectivity index (χ1n) is 11.2. The highest BCUT2D eigenvalue weighted by Gasteiger charge is 2.25. The number of fused-ring (bicyclic) bond motifs is 3. The Balaban J connectivity index is 2.11. The minimum Gasteiger partial charge on any atom is -0.256 e. The van der Waals surface area contributed by atoms with Crippen LogP contribution in [0.2, 0.25) is 0 Å². The molecule has 0 bridgehead atoms. The zero-order valence-electron chi connectivity index (χ0n) is 20.4. The molecule has 0 spiro atoms. The number of nitrogens with zero attached hydrogens (tertiary/aromatic N) is 2. The van der Waals surface area contributed by atoms with Crippen molar-refractivity contribution in [2.24, 2.45) is 0 Å². The Hall–Kier alpha value is -2.74. The fourth-order valence-corrected chi connectivity index (χ4v) is 4.35. The lowest BCUT2D eigenvalue weighted by molar-refractivity contribution is 0.536. The number of rotatable bonds is 1. The van der Waals surface area contributed by atoms with Gasteiger partial charge >= 0.3 is 0 Å². The fourth-order valence-electron chi connectivity index (χ4n) is 4.35. The van der Waals surface area contributed by atoms with Crippen LogP contribution in [0, 0.1) is 20.8 Å². The molecule has 0 fully saturated rings. The van der Waals surface area contributed by atoms with Gasteiger partial charge in [-0.1, -0.05) is 53.7 Å². The number of hydrogen-bond donors (Lipinski definition) is 0. The third kappa shape index (κ3) is 3.73. The lowest BCUT2D eigenvalue weighted by Crippen LogP contribution is -2.20. The molecule has 0 aliphatic heterocycles. The molecular formula is C29H34N2. The molecule has 4 aromatic rings. The molecule has 2 heteroatoms. The van der Waals surface area contributed by atoms with Crippen LogP contribution < -0.4 is 0 Å². The van der Waals surface area contributed by atoms with E-state index >= 15 is 0 Å². The summed E-state index contributed by atoms with van der Waals surface area (Å²) in [6.45, 7) is 20.0. The van der Waals surface area contributed by atoms with Gasteiger partial charge in [0.2, 0.25) is 0 Å².